The van der Waals surface area contributed by atoms with Crippen molar-refractivity contribution in [2.45, 2.75) is 19.1 Å². The predicted octanol–water partition coefficient (Wildman–Crippen LogP) is -2.46. The summed E-state index contributed by atoms with van der Waals surface area (Å²) in [6.45, 7) is 0. The van der Waals surface area contributed by atoms with E-state index in [4.69, 9.17) is 0 Å². The molecular weight excluding hydrogens is 283 g/mol. The van der Waals surface area contributed by atoms with Crippen molar-refractivity contribution in [1.82, 2.24) is 0 Å². The number of hydrogen-bond acceptors (Lipinski definition) is 6. The van der Waals surface area contributed by atoms with Crippen LogP contribution in [0.1, 0.15) is 22.3 Å². The average molecular weight is 296 g/mol. The molecular formula is C11H13NaO6S. The first-order chi connectivity index (χ1) is 8.52. The van der Waals surface area contributed by atoms with Gasteiger partial charge in [-0.3, -0.25) is 4.18 Å². The summed E-state index contributed by atoms with van der Waals surface area (Å²) >= 11 is -2.73. The minimum Gasteiger partial charge on any atom is -0.750 e. The number of aliphatic hydroxyl groups is 1. The quantitative estimate of drug-likeness (QED) is 0.271. The first kappa shape index (κ1) is 18.7. The van der Waals surface area contributed by atoms with E-state index < -0.39 is 23.6 Å². The first-order valence-electron chi connectivity index (χ1n) is 5.14. The summed E-state index contributed by atoms with van der Waals surface area (Å²) in [5.74, 6) is -0.424. The van der Waals surface area contributed by atoms with Crippen molar-refractivity contribution < 1.29 is 57.1 Å². The summed E-state index contributed by atoms with van der Waals surface area (Å²) in [4.78, 5) is 11.2. The smallest absolute Gasteiger partial charge is 0.750 e. The molecule has 0 aliphatic rings. The zero-order valence-corrected chi connectivity index (χ0v) is 13.5. The molecule has 0 saturated carbocycles. The number of benzene rings is 1. The van der Waals surface area contributed by atoms with E-state index >= 15 is 0 Å². The molecule has 0 aromatic heterocycles. The molecule has 0 heterocycles. The van der Waals surface area contributed by atoms with Crippen LogP contribution in [0.4, 0.5) is 0 Å². The van der Waals surface area contributed by atoms with E-state index in [-0.39, 0.29) is 36.0 Å². The molecule has 0 fully saturated rings. The fourth-order valence-electron chi connectivity index (χ4n) is 1.35. The van der Waals surface area contributed by atoms with Crippen molar-refractivity contribution in [3.05, 3.63) is 35.4 Å². The molecule has 0 saturated heterocycles. The first-order valence-corrected chi connectivity index (χ1v) is 6.14. The molecule has 6 nitrogen and oxygen atoms in total. The maximum atomic E-state index is 11.2. The van der Waals surface area contributed by atoms with Crippen LogP contribution < -0.4 is 29.6 Å². The van der Waals surface area contributed by atoms with Crippen molar-refractivity contribution in [2.75, 3.05) is 7.11 Å². The van der Waals surface area contributed by atoms with E-state index in [1.54, 1.807) is 24.3 Å². The summed E-state index contributed by atoms with van der Waals surface area (Å²) in [5.41, 5.74) is 1.28. The van der Waals surface area contributed by atoms with Crippen LogP contribution in [0.2, 0.25) is 0 Å². The van der Waals surface area contributed by atoms with E-state index in [1.165, 1.54) is 7.11 Å². The Bertz CT molecular complexity index is 422. The molecule has 100 valence electrons. The minimum absolute atomic E-state index is 0. The van der Waals surface area contributed by atoms with E-state index in [0.717, 1.165) is 5.56 Å². The molecule has 8 heteroatoms. The standard InChI is InChI=1S/C11H14O6S.Na/c1-16-11(13)9-5-2-8(3-6-9)4-7-10(12)17-18(14)15;/h2-3,5-6,10,12H,4,7H2,1H3,(H,14,15);/q;+1/p-1. The van der Waals surface area contributed by atoms with Gasteiger partial charge >= 0.3 is 35.5 Å². The van der Waals surface area contributed by atoms with Crippen molar-refractivity contribution in [3.8, 4) is 0 Å². The van der Waals surface area contributed by atoms with Gasteiger partial charge in [-0.25, -0.2) is 9.00 Å². The van der Waals surface area contributed by atoms with Crippen molar-refractivity contribution in [3.63, 3.8) is 0 Å². The van der Waals surface area contributed by atoms with Crippen LogP contribution in [-0.4, -0.2) is 33.2 Å². The second-order valence-electron chi connectivity index (χ2n) is 3.48. The summed E-state index contributed by atoms with van der Waals surface area (Å²) in [5, 5.41) is 9.17. The molecule has 2 unspecified atom stereocenters. The molecule has 0 amide bonds. The van der Waals surface area contributed by atoms with Gasteiger partial charge < -0.3 is 14.4 Å². The summed E-state index contributed by atoms with van der Waals surface area (Å²) < 4.78 is 29.0. The van der Waals surface area contributed by atoms with Gasteiger partial charge in [-0.15, -0.1) is 0 Å². The van der Waals surface area contributed by atoms with Gasteiger partial charge in [0.05, 0.1) is 24.0 Å². The van der Waals surface area contributed by atoms with Gasteiger partial charge in [0.2, 0.25) is 0 Å². The Kier molecular flexibility index (Phi) is 9.46. The molecule has 0 aliphatic heterocycles. The molecule has 1 aromatic carbocycles. The maximum absolute atomic E-state index is 11.2. The number of carbonyl (C=O) groups excluding carboxylic acids is 1. The van der Waals surface area contributed by atoms with Crippen LogP contribution in [0.5, 0.6) is 0 Å². The molecule has 19 heavy (non-hydrogen) atoms. The van der Waals surface area contributed by atoms with E-state index in [9.17, 15) is 18.7 Å². The normalized spacial score (nSPS) is 13.2. The van der Waals surface area contributed by atoms with Crippen molar-refractivity contribution in [1.29, 1.82) is 0 Å². The second-order valence-corrected chi connectivity index (χ2v) is 4.08. The number of aliphatic hydroxyl groups excluding tert-OH is 1. The van der Waals surface area contributed by atoms with E-state index in [1.807, 2.05) is 0 Å². The predicted molar refractivity (Wildman–Crippen MR) is 62.1 cm³/mol. The summed E-state index contributed by atoms with van der Waals surface area (Å²) in [6, 6.07) is 6.60. The molecule has 0 aliphatic carbocycles. The van der Waals surface area contributed by atoms with Crippen LogP contribution in [-0.2, 0) is 26.7 Å². The number of aryl methyl sites for hydroxylation is 1. The Labute approximate surface area is 135 Å². The zero-order chi connectivity index (χ0) is 13.5. The molecule has 1 N–H and O–H groups in total. The van der Waals surface area contributed by atoms with Gasteiger partial charge in [0.1, 0.15) is 0 Å². The maximum Gasteiger partial charge on any atom is 1.00 e. The third-order valence-corrected chi connectivity index (χ3v) is 2.62. The largest absolute Gasteiger partial charge is 1.00 e. The van der Waals surface area contributed by atoms with Gasteiger partial charge in [-0.05, 0) is 24.1 Å². The molecule has 2 atom stereocenters. The number of rotatable bonds is 6. The average Bonchev–Trinajstić information content (AvgIpc) is 2.35. The Morgan fingerprint density at radius 2 is 2.00 bits per heavy atom. The topological polar surface area (TPSA) is 95.9 Å². The van der Waals surface area contributed by atoms with Crippen LogP contribution in [0.15, 0.2) is 24.3 Å². The third-order valence-electron chi connectivity index (χ3n) is 2.24. The Balaban J connectivity index is 0.00000324. The second kappa shape index (κ2) is 9.60. The Morgan fingerprint density at radius 3 is 2.47 bits per heavy atom. The summed E-state index contributed by atoms with van der Waals surface area (Å²) in [6.07, 6.45) is -0.783. The van der Waals surface area contributed by atoms with Crippen LogP contribution in [0, 0.1) is 0 Å². The third kappa shape index (κ3) is 7.17. The molecule has 1 aromatic rings. The SMILES string of the molecule is COC(=O)c1ccc(CCC(O)OS(=O)[O-])cc1.[Na+]. The zero-order valence-electron chi connectivity index (χ0n) is 10.7. The Morgan fingerprint density at radius 1 is 1.42 bits per heavy atom. The van der Waals surface area contributed by atoms with Gasteiger partial charge in [0, 0.05) is 6.42 Å². The number of ether oxygens (including phenoxy) is 1. The fraction of sp³-hybridized carbons (Fsp3) is 0.364. The van der Waals surface area contributed by atoms with Crippen LogP contribution >= 0.6 is 0 Å². The van der Waals surface area contributed by atoms with Crippen LogP contribution in [0.25, 0.3) is 0 Å². The fourth-order valence-corrected chi connectivity index (χ4v) is 1.63. The van der Waals surface area contributed by atoms with E-state index in [2.05, 4.69) is 8.92 Å². The number of hydrogen-bond donors (Lipinski definition) is 1. The van der Waals surface area contributed by atoms with Crippen LogP contribution in [0.3, 0.4) is 0 Å². The van der Waals surface area contributed by atoms with Gasteiger partial charge in [-0.1, -0.05) is 12.1 Å². The minimum atomic E-state index is -2.73. The molecule has 1 rings (SSSR count). The summed E-state index contributed by atoms with van der Waals surface area (Å²) in [7, 11) is 1.30. The van der Waals surface area contributed by atoms with Gasteiger partial charge in [0.15, 0.2) is 6.29 Å². The van der Waals surface area contributed by atoms with Crippen molar-refractivity contribution >= 4 is 17.3 Å². The monoisotopic (exact) mass is 296 g/mol. The molecule has 0 bridgehead atoms. The number of methoxy groups -OCH3 is 1. The van der Waals surface area contributed by atoms with Gasteiger partial charge in [0.25, 0.3) is 0 Å². The number of esters is 1. The Hall–Kier alpha value is -0.280. The molecule has 0 radical (unpaired) electrons. The van der Waals surface area contributed by atoms with Gasteiger partial charge in [-0.2, -0.15) is 0 Å². The van der Waals surface area contributed by atoms with E-state index in [0.29, 0.717) is 12.0 Å². The van der Waals surface area contributed by atoms with Crippen molar-refractivity contribution in [2.24, 2.45) is 0 Å². The molecule has 0 spiro atoms. The number of carbonyl (C=O) groups is 1.